The van der Waals surface area contributed by atoms with Gasteiger partial charge in [-0.2, -0.15) is 10.2 Å². The highest BCUT2D eigenvalue weighted by Gasteiger charge is 2.17. The second-order valence-electron chi connectivity index (χ2n) is 6.55. The van der Waals surface area contributed by atoms with E-state index in [1.165, 1.54) is 27.5 Å². The SMILES string of the molecule is COc1cc(C(=O)NN=Cc2c(C)nn(Cc3ccccc3)c2Cl)cc(OC)c1OC. The van der Waals surface area contributed by atoms with E-state index in [2.05, 4.69) is 15.6 Å². The average Bonchev–Trinajstić information content (AvgIpc) is 3.05. The Morgan fingerprint density at radius 2 is 1.77 bits per heavy atom. The van der Waals surface area contributed by atoms with Gasteiger partial charge in [0.2, 0.25) is 5.75 Å². The Kier molecular flexibility index (Phi) is 7.15. The van der Waals surface area contributed by atoms with Gasteiger partial charge in [-0.1, -0.05) is 41.9 Å². The largest absolute Gasteiger partial charge is 0.493 e. The Labute approximate surface area is 185 Å². The van der Waals surface area contributed by atoms with E-state index in [-0.39, 0.29) is 0 Å². The average molecular weight is 443 g/mol. The molecule has 1 N–H and O–H groups in total. The van der Waals surface area contributed by atoms with Gasteiger partial charge in [0.05, 0.1) is 45.3 Å². The molecule has 0 aliphatic carbocycles. The molecule has 0 spiro atoms. The molecule has 0 bridgehead atoms. The number of benzene rings is 2. The van der Waals surface area contributed by atoms with E-state index in [1.807, 2.05) is 37.3 Å². The van der Waals surface area contributed by atoms with Crippen LogP contribution in [0, 0.1) is 6.92 Å². The second-order valence-corrected chi connectivity index (χ2v) is 6.90. The summed E-state index contributed by atoms with van der Waals surface area (Å²) in [6, 6.07) is 13.0. The molecule has 31 heavy (non-hydrogen) atoms. The van der Waals surface area contributed by atoms with Gasteiger partial charge < -0.3 is 14.2 Å². The number of amides is 1. The maximum Gasteiger partial charge on any atom is 0.271 e. The second kappa shape index (κ2) is 9.99. The fraction of sp³-hybridized carbons (Fsp3) is 0.227. The predicted molar refractivity (Wildman–Crippen MR) is 119 cm³/mol. The molecule has 0 saturated carbocycles. The van der Waals surface area contributed by atoms with Crippen molar-refractivity contribution < 1.29 is 19.0 Å². The molecule has 0 unspecified atom stereocenters. The zero-order chi connectivity index (χ0) is 22.4. The Bertz CT molecular complexity index is 1070. The molecule has 3 rings (SSSR count). The van der Waals surface area contributed by atoms with Crippen LogP contribution in [0.2, 0.25) is 5.15 Å². The standard InChI is InChI=1S/C22H23ClN4O4/c1-14-17(21(23)27(26-14)13-15-8-6-5-7-9-15)12-24-25-22(28)16-10-18(29-2)20(31-4)19(11-16)30-3/h5-12H,13H2,1-4H3,(H,25,28). The molecule has 162 valence electrons. The first-order valence-electron chi connectivity index (χ1n) is 9.38. The first-order chi connectivity index (χ1) is 15.0. The van der Waals surface area contributed by atoms with E-state index in [9.17, 15) is 4.79 Å². The first kappa shape index (κ1) is 22.2. The number of carbonyl (C=O) groups excluding carboxylic acids is 1. The van der Waals surface area contributed by atoms with Crippen molar-refractivity contribution in [3.63, 3.8) is 0 Å². The van der Waals surface area contributed by atoms with Crippen LogP contribution in [-0.4, -0.2) is 43.2 Å². The van der Waals surface area contributed by atoms with Crippen LogP contribution in [0.3, 0.4) is 0 Å². The van der Waals surface area contributed by atoms with Gasteiger partial charge in [-0.3, -0.25) is 4.79 Å². The van der Waals surface area contributed by atoms with Gasteiger partial charge >= 0.3 is 0 Å². The molecule has 2 aromatic carbocycles. The summed E-state index contributed by atoms with van der Waals surface area (Å²) in [4.78, 5) is 12.6. The minimum absolute atomic E-state index is 0.300. The van der Waals surface area contributed by atoms with Crippen LogP contribution in [0.4, 0.5) is 0 Å². The zero-order valence-electron chi connectivity index (χ0n) is 17.7. The van der Waals surface area contributed by atoms with Crippen LogP contribution in [0.1, 0.15) is 27.2 Å². The molecule has 0 radical (unpaired) electrons. The van der Waals surface area contributed by atoms with Crippen LogP contribution in [0.25, 0.3) is 0 Å². The van der Waals surface area contributed by atoms with Gasteiger partial charge in [-0.25, -0.2) is 10.1 Å². The Morgan fingerprint density at radius 1 is 1.13 bits per heavy atom. The van der Waals surface area contributed by atoms with Crippen molar-refractivity contribution in [1.82, 2.24) is 15.2 Å². The van der Waals surface area contributed by atoms with Crippen LogP contribution in [0.15, 0.2) is 47.6 Å². The number of aryl methyl sites for hydroxylation is 1. The number of hydrogen-bond acceptors (Lipinski definition) is 6. The maximum atomic E-state index is 12.6. The molecule has 0 fully saturated rings. The van der Waals surface area contributed by atoms with Crippen molar-refractivity contribution >= 4 is 23.7 Å². The lowest BCUT2D eigenvalue weighted by Gasteiger charge is -2.13. The molecular formula is C22H23ClN4O4. The number of rotatable bonds is 8. The lowest BCUT2D eigenvalue weighted by molar-refractivity contribution is 0.0954. The monoisotopic (exact) mass is 442 g/mol. The number of aromatic nitrogens is 2. The summed E-state index contributed by atoms with van der Waals surface area (Å²) in [6.07, 6.45) is 1.47. The summed E-state index contributed by atoms with van der Waals surface area (Å²) >= 11 is 6.47. The van der Waals surface area contributed by atoms with E-state index >= 15 is 0 Å². The quantitative estimate of drug-likeness (QED) is 0.424. The molecule has 1 amide bonds. The molecule has 9 heteroatoms. The highest BCUT2D eigenvalue weighted by atomic mass is 35.5. The molecule has 8 nitrogen and oxygen atoms in total. The number of halogens is 1. The molecule has 3 aromatic rings. The van der Waals surface area contributed by atoms with Gasteiger partial charge in [0.15, 0.2) is 11.5 Å². The van der Waals surface area contributed by atoms with Gasteiger partial charge in [0.25, 0.3) is 5.91 Å². The normalized spacial score (nSPS) is 10.9. The minimum Gasteiger partial charge on any atom is -0.493 e. The van der Waals surface area contributed by atoms with Crippen molar-refractivity contribution in [3.05, 3.63) is 70.0 Å². The van der Waals surface area contributed by atoms with Gasteiger partial charge in [0, 0.05) is 5.56 Å². The third-order valence-corrected chi connectivity index (χ3v) is 4.97. The van der Waals surface area contributed by atoms with E-state index in [1.54, 1.807) is 16.8 Å². The summed E-state index contributed by atoms with van der Waals surface area (Å²) in [5, 5.41) is 8.94. The van der Waals surface area contributed by atoms with E-state index in [4.69, 9.17) is 25.8 Å². The van der Waals surface area contributed by atoms with Crippen molar-refractivity contribution in [2.45, 2.75) is 13.5 Å². The fourth-order valence-electron chi connectivity index (χ4n) is 3.01. The Balaban J connectivity index is 1.76. The topological polar surface area (TPSA) is 87.0 Å². The lowest BCUT2D eigenvalue weighted by atomic mass is 10.1. The summed E-state index contributed by atoms with van der Waals surface area (Å²) in [6.45, 7) is 2.36. The number of hydrogen-bond donors (Lipinski definition) is 1. The van der Waals surface area contributed by atoms with Gasteiger partial charge in [-0.15, -0.1) is 0 Å². The molecule has 0 aliphatic heterocycles. The summed E-state index contributed by atoms with van der Waals surface area (Å²) < 4.78 is 17.5. The van der Waals surface area contributed by atoms with E-state index in [0.717, 1.165) is 5.56 Å². The van der Waals surface area contributed by atoms with Gasteiger partial charge in [0.1, 0.15) is 5.15 Å². The van der Waals surface area contributed by atoms with Crippen LogP contribution >= 0.6 is 11.6 Å². The fourth-order valence-corrected chi connectivity index (χ4v) is 3.29. The molecule has 0 atom stereocenters. The predicted octanol–water partition coefficient (Wildman–Crippen LogP) is 3.68. The van der Waals surface area contributed by atoms with E-state index in [0.29, 0.717) is 45.8 Å². The first-order valence-corrected chi connectivity index (χ1v) is 9.76. The Hall–Kier alpha value is -3.52. The molecular weight excluding hydrogens is 420 g/mol. The lowest BCUT2D eigenvalue weighted by Crippen LogP contribution is -2.18. The van der Waals surface area contributed by atoms with Crippen LogP contribution in [-0.2, 0) is 6.54 Å². The zero-order valence-corrected chi connectivity index (χ0v) is 18.4. The summed E-state index contributed by atoms with van der Waals surface area (Å²) in [5.74, 6) is 0.702. The number of hydrazone groups is 1. The third-order valence-electron chi connectivity index (χ3n) is 4.57. The number of nitrogens with zero attached hydrogens (tertiary/aromatic N) is 3. The van der Waals surface area contributed by atoms with Gasteiger partial charge in [-0.05, 0) is 24.6 Å². The highest BCUT2D eigenvalue weighted by molar-refractivity contribution is 6.32. The Morgan fingerprint density at radius 3 is 2.35 bits per heavy atom. The molecule has 0 saturated heterocycles. The number of ether oxygens (including phenoxy) is 3. The molecule has 0 aliphatic rings. The summed E-state index contributed by atoms with van der Waals surface area (Å²) in [7, 11) is 4.46. The number of nitrogens with one attached hydrogen (secondary N) is 1. The van der Waals surface area contributed by atoms with Crippen molar-refractivity contribution in [2.75, 3.05) is 21.3 Å². The smallest absolute Gasteiger partial charge is 0.271 e. The number of methoxy groups -OCH3 is 3. The third kappa shape index (κ3) is 4.97. The molecule has 1 heterocycles. The van der Waals surface area contributed by atoms with Crippen molar-refractivity contribution in [3.8, 4) is 17.2 Å². The van der Waals surface area contributed by atoms with Crippen molar-refractivity contribution in [1.29, 1.82) is 0 Å². The van der Waals surface area contributed by atoms with Crippen molar-refractivity contribution in [2.24, 2.45) is 5.10 Å². The summed E-state index contributed by atoms with van der Waals surface area (Å²) in [5.41, 5.74) is 5.19. The molecule has 1 aromatic heterocycles. The maximum absolute atomic E-state index is 12.6. The van der Waals surface area contributed by atoms with E-state index < -0.39 is 5.91 Å². The van der Waals surface area contributed by atoms with Crippen LogP contribution in [0.5, 0.6) is 17.2 Å². The van der Waals surface area contributed by atoms with Crippen LogP contribution < -0.4 is 19.6 Å². The highest BCUT2D eigenvalue weighted by Crippen LogP contribution is 2.38. The minimum atomic E-state index is -0.444. The number of carbonyl (C=O) groups is 1.